The number of aromatic nitrogens is 6. The maximum atomic E-state index is 4.60. The fourth-order valence-corrected chi connectivity index (χ4v) is 3.29. The molecule has 2 heterocycles. The number of halogens is 1. The van der Waals surface area contributed by atoms with E-state index in [1.165, 1.54) is 37.4 Å². The monoisotopic (exact) mass is 338 g/mol. The van der Waals surface area contributed by atoms with Gasteiger partial charge in [-0.1, -0.05) is 0 Å². The second-order valence-electron chi connectivity index (χ2n) is 4.90. The Morgan fingerprint density at radius 3 is 2.79 bits per heavy atom. The molecule has 0 aliphatic heterocycles. The molecule has 2 fully saturated rings. The van der Waals surface area contributed by atoms with Crippen molar-refractivity contribution in [2.45, 2.75) is 47.8 Å². The van der Waals surface area contributed by atoms with E-state index in [1.807, 2.05) is 10.7 Å². The molecule has 19 heavy (non-hydrogen) atoms. The molecular formula is C11H11BrN6S. The molecule has 0 aromatic carbocycles. The minimum atomic E-state index is 0.477. The largest absolute Gasteiger partial charge is 0.226 e. The van der Waals surface area contributed by atoms with Crippen LogP contribution in [0, 0.1) is 0 Å². The summed E-state index contributed by atoms with van der Waals surface area (Å²) in [4.78, 5) is 9.03. The Labute approximate surface area is 122 Å². The summed E-state index contributed by atoms with van der Waals surface area (Å²) >= 11 is 4.96. The molecule has 4 rings (SSSR count). The fraction of sp³-hybridized carbons (Fsp3) is 0.545. The molecule has 8 heteroatoms. The topological polar surface area (TPSA) is 69.4 Å². The highest BCUT2D eigenvalue weighted by molar-refractivity contribution is 9.10. The molecule has 0 bridgehead atoms. The molecule has 2 saturated carbocycles. The lowest BCUT2D eigenvalue weighted by Gasteiger charge is -2.04. The van der Waals surface area contributed by atoms with E-state index >= 15 is 0 Å². The Hall–Kier alpha value is -1.02. The van der Waals surface area contributed by atoms with Crippen LogP contribution in [0.5, 0.6) is 0 Å². The lowest BCUT2D eigenvalue weighted by molar-refractivity contribution is 0.565. The summed E-state index contributed by atoms with van der Waals surface area (Å²) in [5.41, 5.74) is 0. The van der Waals surface area contributed by atoms with E-state index < -0.39 is 0 Å². The molecule has 0 atom stereocenters. The van der Waals surface area contributed by atoms with Gasteiger partial charge in [-0.2, -0.15) is 0 Å². The van der Waals surface area contributed by atoms with Crippen molar-refractivity contribution in [3.8, 4) is 0 Å². The Morgan fingerprint density at radius 2 is 2.05 bits per heavy atom. The van der Waals surface area contributed by atoms with E-state index in [-0.39, 0.29) is 0 Å². The van der Waals surface area contributed by atoms with Crippen molar-refractivity contribution in [1.29, 1.82) is 0 Å². The van der Waals surface area contributed by atoms with Crippen molar-refractivity contribution in [3.63, 3.8) is 0 Å². The highest BCUT2D eigenvalue weighted by atomic mass is 79.9. The summed E-state index contributed by atoms with van der Waals surface area (Å²) in [6, 6.07) is 2.40. The van der Waals surface area contributed by atoms with E-state index in [1.54, 1.807) is 0 Å². The van der Waals surface area contributed by atoms with Gasteiger partial charge in [0.2, 0.25) is 5.16 Å². The van der Waals surface area contributed by atoms with E-state index in [2.05, 4.69) is 41.4 Å². The van der Waals surface area contributed by atoms with Crippen LogP contribution in [-0.4, -0.2) is 30.2 Å². The minimum absolute atomic E-state index is 0.477. The quantitative estimate of drug-likeness (QED) is 0.798. The summed E-state index contributed by atoms with van der Waals surface area (Å²) < 4.78 is 2.73. The Bertz CT molecular complexity index is 621. The molecule has 0 N–H and O–H groups in total. The summed E-state index contributed by atoms with van der Waals surface area (Å²) in [5, 5.41) is 13.6. The molecule has 0 saturated heterocycles. The van der Waals surface area contributed by atoms with E-state index in [9.17, 15) is 0 Å². The number of hydrogen-bond donors (Lipinski definition) is 0. The Kier molecular flexibility index (Phi) is 2.80. The normalized spacial score (nSPS) is 18.8. The van der Waals surface area contributed by atoms with Crippen molar-refractivity contribution in [1.82, 2.24) is 30.2 Å². The van der Waals surface area contributed by atoms with Gasteiger partial charge in [0.15, 0.2) is 0 Å². The standard InChI is InChI=1S/C11H11BrN6S/c12-8-5-9(14-10(13-8)6-1-2-6)19-11-15-16-17-18(11)7-3-4-7/h5-7H,1-4H2. The van der Waals surface area contributed by atoms with Crippen LogP contribution in [0.2, 0.25) is 0 Å². The first-order chi connectivity index (χ1) is 9.29. The molecule has 6 nitrogen and oxygen atoms in total. The van der Waals surface area contributed by atoms with Gasteiger partial charge < -0.3 is 0 Å². The first-order valence-corrected chi connectivity index (χ1v) is 7.91. The van der Waals surface area contributed by atoms with Crippen LogP contribution in [-0.2, 0) is 0 Å². The van der Waals surface area contributed by atoms with Crippen LogP contribution in [0.4, 0.5) is 0 Å². The molecule has 2 aliphatic carbocycles. The van der Waals surface area contributed by atoms with E-state index in [0.717, 1.165) is 20.6 Å². The van der Waals surface area contributed by atoms with Crippen LogP contribution >= 0.6 is 27.7 Å². The molecule has 0 spiro atoms. The average Bonchev–Trinajstić information content (AvgIpc) is 3.29. The van der Waals surface area contributed by atoms with Crippen molar-refractivity contribution in [2.75, 3.05) is 0 Å². The van der Waals surface area contributed by atoms with Gasteiger partial charge in [-0.3, -0.25) is 0 Å². The third-order valence-corrected chi connectivity index (χ3v) is 4.46. The first-order valence-electron chi connectivity index (χ1n) is 6.30. The van der Waals surface area contributed by atoms with Gasteiger partial charge in [0.25, 0.3) is 0 Å². The maximum absolute atomic E-state index is 4.60. The van der Waals surface area contributed by atoms with Crippen LogP contribution < -0.4 is 0 Å². The zero-order chi connectivity index (χ0) is 12.8. The number of nitrogens with zero attached hydrogens (tertiary/aromatic N) is 6. The zero-order valence-corrected chi connectivity index (χ0v) is 12.4. The second-order valence-corrected chi connectivity index (χ2v) is 6.70. The van der Waals surface area contributed by atoms with E-state index in [4.69, 9.17) is 0 Å². The molecule has 0 amide bonds. The van der Waals surface area contributed by atoms with Gasteiger partial charge in [0.05, 0.1) is 6.04 Å². The van der Waals surface area contributed by atoms with Crippen molar-refractivity contribution in [2.24, 2.45) is 0 Å². The number of hydrogen-bond acceptors (Lipinski definition) is 6. The number of rotatable bonds is 4. The van der Waals surface area contributed by atoms with Crippen molar-refractivity contribution < 1.29 is 0 Å². The van der Waals surface area contributed by atoms with Gasteiger partial charge >= 0.3 is 0 Å². The van der Waals surface area contributed by atoms with Gasteiger partial charge in [-0.25, -0.2) is 14.6 Å². The summed E-state index contributed by atoms with van der Waals surface area (Å²) in [5.74, 6) is 1.47. The van der Waals surface area contributed by atoms with Crippen LogP contribution in [0.3, 0.4) is 0 Å². The van der Waals surface area contributed by atoms with E-state index in [0.29, 0.717) is 12.0 Å². The molecule has 2 aromatic heterocycles. The molecule has 2 aliphatic rings. The lowest BCUT2D eigenvalue weighted by atomic mass is 10.4. The molecular weight excluding hydrogens is 328 g/mol. The SMILES string of the molecule is Brc1cc(Sc2nnnn2C2CC2)nc(C2CC2)n1. The van der Waals surface area contributed by atoms with Crippen molar-refractivity contribution in [3.05, 3.63) is 16.5 Å². The summed E-state index contributed by atoms with van der Waals surface area (Å²) in [7, 11) is 0. The van der Waals surface area contributed by atoms with Gasteiger partial charge in [-0.15, -0.1) is 5.10 Å². The highest BCUT2D eigenvalue weighted by Crippen LogP contribution is 2.40. The first kappa shape index (κ1) is 11.8. The van der Waals surface area contributed by atoms with Crippen LogP contribution in [0.25, 0.3) is 0 Å². The highest BCUT2D eigenvalue weighted by Gasteiger charge is 2.29. The van der Waals surface area contributed by atoms with Gasteiger partial charge in [-0.05, 0) is 63.8 Å². The summed E-state index contributed by atoms with van der Waals surface area (Å²) in [6.07, 6.45) is 4.72. The van der Waals surface area contributed by atoms with Crippen molar-refractivity contribution >= 4 is 27.7 Å². The average molecular weight is 339 g/mol. The Balaban J connectivity index is 1.63. The zero-order valence-electron chi connectivity index (χ0n) is 10.0. The van der Waals surface area contributed by atoms with Crippen LogP contribution in [0.1, 0.15) is 43.5 Å². The Morgan fingerprint density at radius 1 is 1.21 bits per heavy atom. The second kappa shape index (κ2) is 4.52. The smallest absolute Gasteiger partial charge is 0.215 e. The molecule has 0 radical (unpaired) electrons. The minimum Gasteiger partial charge on any atom is -0.226 e. The third-order valence-electron chi connectivity index (χ3n) is 3.18. The molecule has 2 aromatic rings. The molecule has 98 valence electrons. The predicted octanol–water partition coefficient (Wildman–Crippen LogP) is 2.59. The van der Waals surface area contributed by atoms with Gasteiger partial charge in [0, 0.05) is 12.0 Å². The lowest BCUT2D eigenvalue weighted by Crippen LogP contribution is -2.00. The fourth-order valence-electron chi connectivity index (χ4n) is 1.88. The molecule has 0 unspecified atom stereocenters. The maximum Gasteiger partial charge on any atom is 0.215 e. The van der Waals surface area contributed by atoms with Gasteiger partial charge in [0.1, 0.15) is 15.5 Å². The summed E-state index contributed by atoms with van der Waals surface area (Å²) in [6.45, 7) is 0. The third kappa shape index (κ3) is 2.51. The predicted molar refractivity (Wildman–Crippen MR) is 71.9 cm³/mol. The van der Waals surface area contributed by atoms with Crippen LogP contribution in [0.15, 0.2) is 20.9 Å². The number of tetrazole rings is 1.